The summed E-state index contributed by atoms with van der Waals surface area (Å²) in [5.41, 5.74) is 3.81. The van der Waals surface area contributed by atoms with E-state index >= 15 is 0 Å². The predicted molar refractivity (Wildman–Crippen MR) is 80.9 cm³/mol. The van der Waals surface area contributed by atoms with Gasteiger partial charge in [0.1, 0.15) is 12.2 Å². The fourth-order valence-electron chi connectivity index (χ4n) is 2.85. The Morgan fingerprint density at radius 1 is 1.29 bits per heavy atom. The van der Waals surface area contributed by atoms with Gasteiger partial charge in [-0.05, 0) is 33.6 Å². The lowest BCUT2D eigenvalue weighted by Gasteiger charge is -2.22. The monoisotopic (exact) mass is 288 g/mol. The Kier molecular flexibility index (Phi) is 3.80. The van der Waals surface area contributed by atoms with Crippen molar-refractivity contribution in [2.24, 2.45) is 7.05 Å². The topological polar surface area (TPSA) is 51.8 Å². The zero-order chi connectivity index (χ0) is 15.0. The third-order valence-electron chi connectivity index (χ3n) is 4.52. The Hall–Kier alpha value is -1.69. The second-order valence-electron chi connectivity index (χ2n) is 6.05. The van der Waals surface area contributed by atoms with Crippen LogP contribution in [0, 0.1) is 20.8 Å². The molecule has 1 saturated carbocycles. The van der Waals surface area contributed by atoms with Gasteiger partial charge in [-0.2, -0.15) is 5.10 Å². The van der Waals surface area contributed by atoms with Crippen molar-refractivity contribution in [3.05, 3.63) is 29.1 Å². The largest absolute Gasteiger partial charge is 0.317 e. The van der Waals surface area contributed by atoms with E-state index < -0.39 is 0 Å². The van der Waals surface area contributed by atoms with E-state index in [2.05, 4.69) is 38.6 Å². The predicted octanol–water partition coefficient (Wildman–Crippen LogP) is 1.60. The Labute approximate surface area is 125 Å². The second-order valence-corrected chi connectivity index (χ2v) is 6.05. The maximum atomic E-state index is 4.53. The Balaban J connectivity index is 1.69. The third kappa shape index (κ3) is 3.00. The van der Waals surface area contributed by atoms with Crippen LogP contribution >= 0.6 is 0 Å². The van der Waals surface area contributed by atoms with Crippen LogP contribution in [0.1, 0.15) is 35.6 Å². The van der Waals surface area contributed by atoms with Crippen molar-refractivity contribution in [2.75, 3.05) is 6.54 Å². The van der Waals surface area contributed by atoms with Crippen LogP contribution in [0.15, 0.2) is 6.33 Å². The molecule has 21 heavy (non-hydrogen) atoms. The van der Waals surface area contributed by atoms with Crippen LogP contribution in [-0.4, -0.2) is 42.0 Å². The van der Waals surface area contributed by atoms with Crippen LogP contribution in [0.5, 0.6) is 0 Å². The molecule has 0 N–H and O–H groups in total. The number of rotatable bonds is 6. The standard InChI is InChI=1S/C15H24N6/c1-11-15(12(2)19(4)18-11)9-20(14-5-6-14)7-8-21-10-16-17-13(21)3/h10,14H,5-9H2,1-4H3. The molecule has 2 heterocycles. The zero-order valence-electron chi connectivity index (χ0n) is 13.4. The summed E-state index contributed by atoms with van der Waals surface area (Å²) in [6.07, 6.45) is 4.46. The lowest BCUT2D eigenvalue weighted by atomic mass is 10.2. The molecule has 0 unspecified atom stereocenters. The SMILES string of the molecule is Cc1nn(C)c(C)c1CN(CCn1cnnc1C)C1CC1. The highest BCUT2D eigenvalue weighted by molar-refractivity contribution is 5.24. The highest BCUT2D eigenvalue weighted by Gasteiger charge is 2.29. The fourth-order valence-corrected chi connectivity index (χ4v) is 2.85. The van der Waals surface area contributed by atoms with Crippen molar-refractivity contribution in [3.63, 3.8) is 0 Å². The molecule has 114 valence electrons. The molecular formula is C15H24N6. The van der Waals surface area contributed by atoms with Gasteiger partial charge in [-0.1, -0.05) is 0 Å². The molecule has 0 radical (unpaired) electrons. The molecule has 0 bridgehead atoms. The summed E-state index contributed by atoms with van der Waals surface area (Å²) >= 11 is 0. The van der Waals surface area contributed by atoms with Gasteiger partial charge in [0, 0.05) is 44.0 Å². The maximum Gasteiger partial charge on any atom is 0.129 e. The van der Waals surface area contributed by atoms with Gasteiger partial charge in [-0.25, -0.2) is 0 Å². The van der Waals surface area contributed by atoms with Crippen LogP contribution in [0.25, 0.3) is 0 Å². The Morgan fingerprint density at radius 2 is 2.05 bits per heavy atom. The van der Waals surface area contributed by atoms with Crippen molar-refractivity contribution in [3.8, 4) is 0 Å². The van der Waals surface area contributed by atoms with E-state index in [4.69, 9.17) is 0 Å². The molecule has 0 aliphatic heterocycles. The molecular weight excluding hydrogens is 264 g/mol. The second kappa shape index (κ2) is 5.60. The third-order valence-corrected chi connectivity index (χ3v) is 4.52. The van der Waals surface area contributed by atoms with Gasteiger partial charge >= 0.3 is 0 Å². The van der Waals surface area contributed by atoms with Crippen molar-refractivity contribution >= 4 is 0 Å². The first-order valence-electron chi connectivity index (χ1n) is 7.63. The number of aryl methyl sites for hydroxylation is 3. The summed E-state index contributed by atoms with van der Waals surface area (Å²) in [4.78, 5) is 2.58. The van der Waals surface area contributed by atoms with Crippen LogP contribution in [0.3, 0.4) is 0 Å². The quantitative estimate of drug-likeness (QED) is 0.810. The van der Waals surface area contributed by atoms with Gasteiger partial charge in [-0.3, -0.25) is 9.58 Å². The highest BCUT2D eigenvalue weighted by Crippen LogP contribution is 2.29. The van der Waals surface area contributed by atoms with Gasteiger partial charge in [0.05, 0.1) is 5.69 Å². The lowest BCUT2D eigenvalue weighted by Crippen LogP contribution is -2.30. The minimum atomic E-state index is 0.737. The minimum absolute atomic E-state index is 0.737. The van der Waals surface area contributed by atoms with E-state index in [1.165, 1.54) is 24.1 Å². The highest BCUT2D eigenvalue weighted by atomic mass is 15.3. The van der Waals surface area contributed by atoms with Gasteiger partial charge in [0.15, 0.2) is 0 Å². The van der Waals surface area contributed by atoms with E-state index in [9.17, 15) is 0 Å². The van der Waals surface area contributed by atoms with E-state index in [0.717, 1.165) is 37.2 Å². The first-order chi connectivity index (χ1) is 10.1. The summed E-state index contributed by atoms with van der Waals surface area (Å²) in [5.74, 6) is 0.986. The summed E-state index contributed by atoms with van der Waals surface area (Å²) < 4.78 is 4.11. The molecule has 6 nitrogen and oxygen atoms in total. The normalized spacial score (nSPS) is 15.1. The number of hydrogen-bond acceptors (Lipinski definition) is 4. The van der Waals surface area contributed by atoms with E-state index in [-0.39, 0.29) is 0 Å². The fraction of sp³-hybridized carbons (Fsp3) is 0.667. The Bertz CT molecular complexity index is 622. The van der Waals surface area contributed by atoms with Crippen LogP contribution in [-0.2, 0) is 20.1 Å². The minimum Gasteiger partial charge on any atom is -0.317 e. The molecule has 0 aromatic carbocycles. The molecule has 3 rings (SSSR count). The number of nitrogens with zero attached hydrogens (tertiary/aromatic N) is 6. The molecule has 2 aromatic rings. The van der Waals surface area contributed by atoms with E-state index in [1.54, 1.807) is 0 Å². The van der Waals surface area contributed by atoms with Crippen LogP contribution in [0.4, 0.5) is 0 Å². The first kappa shape index (κ1) is 14.3. The molecule has 1 aliphatic rings. The van der Waals surface area contributed by atoms with Gasteiger partial charge in [0.25, 0.3) is 0 Å². The summed E-state index contributed by atoms with van der Waals surface area (Å²) in [7, 11) is 2.02. The average Bonchev–Trinajstić information content (AvgIpc) is 3.16. The number of aromatic nitrogens is 5. The molecule has 6 heteroatoms. The molecule has 0 atom stereocenters. The van der Waals surface area contributed by atoms with E-state index in [0.29, 0.717) is 0 Å². The van der Waals surface area contributed by atoms with Crippen molar-refractivity contribution < 1.29 is 0 Å². The van der Waals surface area contributed by atoms with Gasteiger partial charge in [-0.15, -0.1) is 10.2 Å². The van der Waals surface area contributed by atoms with Crippen molar-refractivity contribution in [1.29, 1.82) is 0 Å². The zero-order valence-corrected chi connectivity index (χ0v) is 13.4. The van der Waals surface area contributed by atoms with Crippen molar-refractivity contribution in [2.45, 2.75) is 52.7 Å². The molecule has 2 aromatic heterocycles. The summed E-state index contributed by atoms with van der Waals surface area (Å²) in [6.45, 7) is 9.26. The van der Waals surface area contributed by atoms with Gasteiger partial charge < -0.3 is 4.57 Å². The average molecular weight is 288 g/mol. The summed E-state index contributed by atoms with van der Waals surface area (Å²) in [5, 5.41) is 12.5. The number of hydrogen-bond donors (Lipinski definition) is 0. The molecule has 0 saturated heterocycles. The van der Waals surface area contributed by atoms with Crippen LogP contribution in [0.2, 0.25) is 0 Å². The van der Waals surface area contributed by atoms with Gasteiger partial charge in [0.2, 0.25) is 0 Å². The molecule has 0 spiro atoms. The van der Waals surface area contributed by atoms with Crippen molar-refractivity contribution in [1.82, 2.24) is 29.4 Å². The molecule has 1 aliphatic carbocycles. The molecule has 0 amide bonds. The Morgan fingerprint density at radius 3 is 2.57 bits per heavy atom. The maximum absolute atomic E-state index is 4.53. The smallest absolute Gasteiger partial charge is 0.129 e. The van der Waals surface area contributed by atoms with E-state index in [1.807, 2.05) is 25.0 Å². The molecule has 1 fully saturated rings. The summed E-state index contributed by atoms with van der Waals surface area (Å²) in [6, 6.07) is 0.737. The lowest BCUT2D eigenvalue weighted by molar-refractivity contribution is 0.242. The van der Waals surface area contributed by atoms with Crippen LogP contribution < -0.4 is 0 Å². The first-order valence-corrected chi connectivity index (χ1v) is 7.63.